The largest absolute Gasteiger partial charge is 0.381 e. The van der Waals surface area contributed by atoms with E-state index in [0.717, 1.165) is 18.3 Å². The highest BCUT2D eigenvalue weighted by molar-refractivity contribution is 5.55. The molecule has 1 aliphatic rings. The molecule has 0 saturated heterocycles. The highest BCUT2D eigenvalue weighted by Gasteiger charge is 2.28. The summed E-state index contributed by atoms with van der Waals surface area (Å²) in [6.45, 7) is 3.04. The van der Waals surface area contributed by atoms with Gasteiger partial charge in [-0.3, -0.25) is 9.88 Å². The molecule has 1 aliphatic carbocycles. The summed E-state index contributed by atoms with van der Waals surface area (Å²) in [5.74, 6) is 0. The first-order valence-corrected chi connectivity index (χ1v) is 6.02. The van der Waals surface area contributed by atoms with Gasteiger partial charge in [-0.2, -0.15) is 5.26 Å². The molecule has 0 bridgehead atoms. The van der Waals surface area contributed by atoms with Crippen LogP contribution in [0.3, 0.4) is 0 Å². The molecule has 90 valence electrons. The first-order valence-electron chi connectivity index (χ1n) is 6.02. The molecule has 0 radical (unpaired) electrons. The van der Waals surface area contributed by atoms with E-state index in [9.17, 15) is 0 Å². The van der Waals surface area contributed by atoms with Gasteiger partial charge in [0.2, 0.25) is 0 Å². The van der Waals surface area contributed by atoms with Crippen molar-refractivity contribution in [3.8, 4) is 6.07 Å². The molecule has 1 atom stereocenters. The summed E-state index contributed by atoms with van der Waals surface area (Å²) in [5.41, 5.74) is 1.48. The number of hydrogen-bond acceptors (Lipinski definition) is 4. The summed E-state index contributed by atoms with van der Waals surface area (Å²) in [7, 11) is 2.17. The number of nitrogens with one attached hydrogen (secondary N) is 1. The van der Waals surface area contributed by atoms with Crippen molar-refractivity contribution >= 4 is 5.69 Å². The van der Waals surface area contributed by atoms with E-state index in [2.05, 4.69) is 35.2 Å². The lowest BCUT2D eigenvalue weighted by atomic mass is 10.2. The Morgan fingerprint density at radius 3 is 3.06 bits per heavy atom. The second kappa shape index (κ2) is 5.15. The van der Waals surface area contributed by atoms with Gasteiger partial charge in [-0.1, -0.05) is 0 Å². The van der Waals surface area contributed by atoms with Crippen molar-refractivity contribution in [3.63, 3.8) is 0 Å². The molecule has 2 rings (SSSR count). The van der Waals surface area contributed by atoms with Gasteiger partial charge in [0.25, 0.3) is 0 Å². The maximum atomic E-state index is 8.96. The van der Waals surface area contributed by atoms with Gasteiger partial charge in [-0.15, -0.1) is 0 Å². The Morgan fingerprint density at radius 2 is 2.41 bits per heavy atom. The molecule has 1 fully saturated rings. The van der Waals surface area contributed by atoms with E-state index in [1.165, 1.54) is 12.8 Å². The van der Waals surface area contributed by atoms with Gasteiger partial charge >= 0.3 is 0 Å². The first-order chi connectivity index (χ1) is 8.22. The van der Waals surface area contributed by atoms with Crippen LogP contribution in [0.1, 0.15) is 25.3 Å². The number of aromatic nitrogens is 1. The fourth-order valence-corrected chi connectivity index (χ4v) is 1.88. The summed E-state index contributed by atoms with van der Waals surface area (Å²) in [5, 5.41) is 12.3. The van der Waals surface area contributed by atoms with E-state index >= 15 is 0 Å². The predicted octanol–water partition coefficient (Wildman–Crippen LogP) is 1.85. The van der Waals surface area contributed by atoms with E-state index in [-0.39, 0.29) is 0 Å². The molecule has 1 aromatic rings. The van der Waals surface area contributed by atoms with E-state index in [0.29, 0.717) is 11.6 Å². The Kier molecular flexibility index (Phi) is 3.60. The van der Waals surface area contributed by atoms with E-state index in [1.54, 1.807) is 18.5 Å². The van der Waals surface area contributed by atoms with Crippen LogP contribution in [-0.4, -0.2) is 35.6 Å². The van der Waals surface area contributed by atoms with Crippen molar-refractivity contribution < 1.29 is 0 Å². The third-order valence-corrected chi connectivity index (χ3v) is 3.35. The van der Waals surface area contributed by atoms with Crippen LogP contribution in [0, 0.1) is 11.3 Å². The average Bonchev–Trinajstić information content (AvgIpc) is 3.19. The number of rotatable bonds is 5. The molecule has 0 spiro atoms. The van der Waals surface area contributed by atoms with Crippen LogP contribution in [0.15, 0.2) is 18.5 Å². The van der Waals surface area contributed by atoms with Crippen molar-refractivity contribution in [3.05, 3.63) is 24.0 Å². The Balaban J connectivity index is 1.90. The van der Waals surface area contributed by atoms with Crippen molar-refractivity contribution in [2.75, 3.05) is 18.9 Å². The number of anilines is 1. The molecule has 4 nitrogen and oxygen atoms in total. The summed E-state index contributed by atoms with van der Waals surface area (Å²) in [6.07, 6.45) is 5.99. The monoisotopic (exact) mass is 230 g/mol. The van der Waals surface area contributed by atoms with Gasteiger partial charge in [0, 0.05) is 24.8 Å². The Bertz CT molecular complexity index is 420. The smallest absolute Gasteiger partial charge is 0.101 e. The normalized spacial score (nSPS) is 16.6. The van der Waals surface area contributed by atoms with Crippen LogP contribution >= 0.6 is 0 Å². The number of pyridine rings is 1. The van der Waals surface area contributed by atoms with Gasteiger partial charge in [-0.25, -0.2) is 0 Å². The van der Waals surface area contributed by atoms with Crippen molar-refractivity contribution in [2.45, 2.75) is 31.8 Å². The number of nitrogens with zero attached hydrogens (tertiary/aromatic N) is 3. The lowest BCUT2D eigenvalue weighted by molar-refractivity contribution is 0.257. The molecule has 1 unspecified atom stereocenters. The molecule has 1 heterocycles. The maximum Gasteiger partial charge on any atom is 0.101 e. The van der Waals surface area contributed by atoms with Gasteiger partial charge in [-0.05, 0) is 32.9 Å². The van der Waals surface area contributed by atoms with Crippen molar-refractivity contribution in [1.29, 1.82) is 5.26 Å². The molecule has 0 aromatic carbocycles. The third-order valence-electron chi connectivity index (χ3n) is 3.35. The van der Waals surface area contributed by atoms with Crippen LogP contribution in [0.2, 0.25) is 0 Å². The summed E-state index contributed by atoms with van der Waals surface area (Å²) >= 11 is 0. The molecular formula is C13H18N4. The fraction of sp³-hybridized carbons (Fsp3) is 0.538. The van der Waals surface area contributed by atoms with Gasteiger partial charge in [0.1, 0.15) is 6.07 Å². The van der Waals surface area contributed by atoms with Crippen LogP contribution < -0.4 is 5.32 Å². The number of hydrogen-bond donors (Lipinski definition) is 1. The Morgan fingerprint density at radius 1 is 1.65 bits per heavy atom. The lowest BCUT2D eigenvalue weighted by Crippen LogP contribution is -2.36. The number of nitriles is 1. The van der Waals surface area contributed by atoms with E-state index < -0.39 is 0 Å². The van der Waals surface area contributed by atoms with Gasteiger partial charge in [0.15, 0.2) is 0 Å². The minimum absolute atomic E-state index is 0.467. The zero-order valence-corrected chi connectivity index (χ0v) is 10.3. The molecule has 0 aliphatic heterocycles. The minimum Gasteiger partial charge on any atom is -0.381 e. The number of likely N-dealkylation sites (N-methyl/N-ethyl adjacent to an activating group) is 1. The molecule has 1 N–H and O–H groups in total. The third kappa shape index (κ3) is 2.95. The second-order valence-electron chi connectivity index (χ2n) is 4.66. The molecule has 0 amide bonds. The SMILES string of the molecule is CC(CNc1cnccc1C#N)N(C)C1CC1. The molecule has 17 heavy (non-hydrogen) atoms. The zero-order chi connectivity index (χ0) is 12.3. The molecule has 1 aromatic heterocycles. The van der Waals surface area contributed by atoms with Crippen molar-refractivity contribution in [1.82, 2.24) is 9.88 Å². The van der Waals surface area contributed by atoms with Crippen LogP contribution in [0.5, 0.6) is 0 Å². The Labute approximate surface area is 102 Å². The highest BCUT2D eigenvalue weighted by atomic mass is 15.2. The average molecular weight is 230 g/mol. The lowest BCUT2D eigenvalue weighted by Gasteiger charge is -2.25. The van der Waals surface area contributed by atoms with Gasteiger partial charge in [0.05, 0.1) is 17.4 Å². The van der Waals surface area contributed by atoms with Crippen LogP contribution in [0.25, 0.3) is 0 Å². The van der Waals surface area contributed by atoms with Crippen LogP contribution in [0.4, 0.5) is 5.69 Å². The molecular weight excluding hydrogens is 212 g/mol. The quantitative estimate of drug-likeness (QED) is 0.838. The highest BCUT2D eigenvalue weighted by Crippen LogP contribution is 2.27. The Hall–Kier alpha value is -1.60. The predicted molar refractivity (Wildman–Crippen MR) is 67.7 cm³/mol. The second-order valence-corrected chi connectivity index (χ2v) is 4.66. The fourth-order valence-electron chi connectivity index (χ4n) is 1.88. The van der Waals surface area contributed by atoms with Gasteiger partial charge < -0.3 is 5.32 Å². The van der Waals surface area contributed by atoms with Crippen molar-refractivity contribution in [2.24, 2.45) is 0 Å². The topological polar surface area (TPSA) is 52.0 Å². The zero-order valence-electron chi connectivity index (χ0n) is 10.3. The maximum absolute atomic E-state index is 8.96. The molecule has 1 saturated carbocycles. The minimum atomic E-state index is 0.467. The molecule has 4 heteroatoms. The summed E-state index contributed by atoms with van der Waals surface area (Å²) < 4.78 is 0. The summed E-state index contributed by atoms with van der Waals surface area (Å²) in [6, 6.07) is 5.13. The standard InChI is InChI=1S/C13H18N4/c1-10(17(2)12-3-4-12)8-16-13-9-15-6-5-11(13)7-14/h5-6,9-10,12,16H,3-4,8H2,1-2H3. The van der Waals surface area contributed by atoms with E-state index in [4.69, 9.17) is 5.26 Å². The van der Waals surface area contributed by atoms with Crippen LogP contribution in [-0.2, 0) is 0 Å². The first kappa shape index (κ1) is 11.9. The summed E-state index contributed by atoms with van der Waals surface area (Å²) in [4.78, 5) is 6.43. The van der Waals surface area contributed by atoms with E-state index in [1.807, 2.05) is 0 Å².